The van der Waals surface area contributed by atoms with E-state index in [1.807, 2.05) is 6.07 Å². The third kappa shape index (κ3) is 4.57. The normalized spacial score (nSPS) is 16.5. The number of nitrogens with one attached hydrogen (secondary N) is 1. The molecule has 0 unspecified atom stereocenters. The van der Waals surface area contributed by atoms with Crippen LogP contribution in [0.15, 0.2) is 18.2 Å². The van der Waals surface area contributed by atoms with Crippen molar-refractivity contribution in [2.45, 2.75) is 51.9 Å². The summed E-state index contributed by atoms with van der Waals surface area (Å²) in [5.74, 6) is 1.77. The summed E-state index contributed by atoms with van der Waals surface area (Å²) < 4.78 is 0. The van der Waals surface area contributed by atoms with Crippen LogP contribution >= 0.6 is 0 Å². The van der Waals surface area contributed by atoms with Crippen molar-refractivity contribution in [3.8, 4) is 0 Å². The Morgan fingerprint density at radius 1 is 1.32 bits per heavy atom. The monoisotopic (exact) mass is 344 g/mol. The molecule has 1 saturated heterocycles. The Bertz CT molecular complexity index is 705. The molecule has 3 rings (SSSR count). The number of hydrogen-bond donors (Lipinski definition) is 1. The van der Waals surface area contributed by atoms with Crippen molar-refractivity contribution in [3.05, 3.63) is 34.1 Å². The quantitative estimate of drug-likeness (QED) is 0.572. The van der Waals surface area contributed by atoms with Crippen LogP contribution in [0.1, 0.15) is 51.3 Å². The van der Waals surface area contributed by atoms with Gasteiger partial charge in [-0.25, -0.2) is 4.98 Å². The highest BCUT2D eigenvalue weighted by atomic mass is 16.6. The van der Waals surface area contributed by atoms with Crippen molar-refractivity contribution in [3.63, 3.8) is 0 Å². The molecule has 1 fully saturated rings. The number of piperidine rings is 1. The second-order valence-corrected chi connectivity index (χ2v) is 7.14. The molecule has 6 nitrogen and oxygen atoms in total. The fraction of sp³-hybridized carbons (Fsp3) is 0.632. The van der Waals surface area contributed by atoms with E-state index in [0.29, 0.717) is 5.52 Å². The zero-order valence-corrected chi connectivity index (χ0v) is 15.0. The van der Waals surface area contributed by atoms with Gasteiger partial charge in [-0.2, -0.15) is 0 Å². The van der Waals surface area contributed by atoms with Gasteiger partial charge < -0.3 is 9.88 Å². The zero-order chi connectivity index (χ0) is 17.6. The third-order valence-corrected chi connectivity index (χ3v) is 5.30. The fourth-order valence-corrected chi connectivity index (χ4v) is 3.80. The van der Waals surface area contributed by atoms with Crippen molar-refractivity contribution < 1.29 is 4.92 Å². The van der Waals surface area contributed by atoms with Crippen LogP contribution in [-0.2, 0) is 6.42 Å². The lowest BCUT2D eigenvalue weighted by molar-refractivity contribution is -0.383. The molecule has 1 aromatic heterocycles. The van der Waals surface area contributed by atoms with Gasteiger partial charge in [0, 0.05) is 12.5 Å². The summed E-state index contributed by atoms with van der Waals surface area (Å²) in [4.78, 5) is 20.9. The van der Waals surface area contributed by atoms with Crippen LogP contribution in [0.25, 0.3) is 11.0 Å². The maximum Gasteiger partial charge on any atom is 0.297 e. The van der Waals surface area contributed by atoms with Gasteiger partial charge in [-0.05, 0) is 50.9 Å². The number of aromatic amines is 1. The number of H-pyrrole nitrogens is 1. The molecule has 1 aliphatic heterocycles. The molecular weight excluding hydrogens is 316 g/mol. The summed E-state index contributed by atoms with van der Waals surface area (Å²) in [5, 5.41) is 11.1. The van der Waals surface area contributed by atoms with Crippen LogP contribution in [-0.4, -0.2) is 39.4 Å². The van der Waals surface area contributed by atoms with Gasteiger partial charge in [0.25, 0.3) is 5.69 Å². The minimum Gasteiger partial charge on any atom is -0.342 e. The van der Waals surface area contributed by atoms with Crippen LogP contribution < -0.4 is 0 Å². The highest BCUT2D eigenvalue weighted by molar-refractivity contribution is 5.84. The summed E-state index contributed by atoms with van der Waals surface area (Å²) in [5.41, 5.74) is 1.30. The Labute approximate surface area is 148 Å². The molecule has 0 atom stereocenters. The molecule has 1 N–H and O–H groups in total. The number of likely N-dealkylation sites (tertiary alicyclic amines) is 1. The van der Waals surface area contributed by atoms with Gasteiger partial charge in [0.1, 0.15) is 5.82 Å². The van der Waals surface area contributed by atoms with Gasteiger partial charge in [0.15, 0.2) is 5.52 Å². The molecule has 2 heterocycles. The maximum absolute atomic E-state index is 11.1. The fourth-order valence-electron chi connectivity index (χ4n) is 3.80. The van der Waals surface area contributed by atoms with Gasteiger partial charge in [-0.1, -0.05) is 32.3 Å². The summed E-state index contributed by atoms with van der Waals surface area (Å²) in [6, 6.07) is 5.06. The topological polar surface area (TPSA) is 75.1 Å². The Kier molecular flexibility index (Phi) is 6.02. The number of nitro groups is 1. The number of rotatable bonds is 8. The molecule has 0 spiro atoms. The molecular formula is C19H28N4O2. The van der Waals surface area contributed by atoms with Gasteiger partial charge >= 0.3 is 0 Å². The summed E-state index contributed by atoms with van der Waals surface area (Å²) >= 11 is 0. The van der Waals surface area contributed by atoms with E-state index in [1.165, 1.54) is 51.3 Å². The van der Waals surface area contributed by atoms with E-state index in [0.717, 1.165) is 36.6 Å². The van der Waals surface area contributed by atoms with Crippen LogP contribution in [0.2, 0.25) is 0 Å². The van der Waals surface area contributed by atoms with Crippen molar-refractivity contribution in [2.24, 2.45) is 5.92 Å². The van der Waals surface area contributed by atoms with E-state index >= 15 is 0 Å². The second kappa shape index (κ2) is 8.43. The van der Waals surface area contributed by atoms with Crippen LogP contribution in [0, 0.1) is 16.0 Å². The van der Waals surface area contributed by atoms with Crippen LogP contribution in [0.5, 0.6) is 0 Å². The Morgan fingerprint density at radius 3 is 2.84 bits per heavy atom. The number of unbranched alkanes of at least 4 members (excludes halogenated alkanes) is 1. The first-order chi connectivity index (χ1) is 12.2. The molecule has 0 amide bonds. The van der Waals surface area contributed by atoms with Crippen LogP contribution in [0.3, 0.4) is 0 Å². The van der Waals surface area contributed by atoms with Crippen molar-refractivity contribution in [1.82, 2.24) is 14.9 Å². The smallest absolute Gasteiger partial charge is 0.297 e. The van der Waals surface area contributed by atoms with Gasteiger partial charge in [-0.3, -0.25) is 10.1 Å². The molecule has 0 aliphatic carbocycles. The third-order valence-electron chi connectivity index (χ3n) is 5.30. The predicted octanol–water partition coefficient (Wildman–Crippen LogP) is 4.31. The molecule has 0 bridgehead atoms. The Morgan fingerprint density at radius 2 is 2.12 bits per heavy atom. The standard InChI is InChI=1S/C19H28N4O2/c1-2-3-6-15-10-13-22(14-11-15)12-5-9-18-20-16-7-4-8-17(23(24)25)19(16)21-18/h4,7-8,15H,2-3,5-6,9-14H2,1H3,(H,20,21). The number of hydrogen-bond acceptors (Lipinski definition) is 4. The van der Waals surface area contributed by atoms with E-state index in [9.17, 15) is 10.1 Å². The maximum atomic E-state index is 11.1. The average Bonchev–Trinajstić information content (AvgIpc) is 3.03. The highest BCUT2D eigenvalue weighted by Crippen LogP contribution is 2.24. The summed E-state index contributed by atoms with van der Waals surface area (Å²) in [7, 11) is 0. The Hall–Kier alpha value is -1.95. The Balaban J connectivity index is 1.48. The lowest BCUT2D eigenvalue weighted by Crippen LogP contribution is -2.34. The number of aromatic nitrogens is 2. The molecule has 2 aromatic rings. The summed E-state index contributed by atoms with van der Waals surface area (Å²) in [6.45, 7) is 5.77. The minimum absolute atomic E-state index is 0.0779. The van der Waals surface area contributed by atoms with Crippen LogP contribution in [0.4, 0.5) is 5.69 Å². The lowest BCUT2D eigenvalue weighted by atomic mass is 9.91. The number of non-ortho nitro benzene ring substituents is 1. The first kappa shape index (κ1) is 17.9. The number of aryl methyl sites for hydroxylation is 1. The molecule has 1 aliphatic rings. The van der Waals surface area contributed by atoms with Gasteiger partial charge in [0.2, 0.25) is 0 Å². The van der Waals surface area contributed by atoms with Crippen molar-refractivity contribution >= 4 is 16.7 Å². The van der Waals surface area contributed by atoms with E-state index in [-0.39, 0.29) is 10.6 Å². The largest absolute Gasteiger partial charge is 0.342 e. The summed E-state index contributed by atoms with van der Waals surface area (Å²) in [6.07, 6.45) is 8.59. The average molecular weight is 344 g/mol. The number of imidazole rings is 1. The zero-order valence-electron chi connectivity index (χ0n) is 15.0. The van der Waals surface area contributed by atoms with E-state index in [2.05, 4.69) is 21.8 Å². The van der Waals surface area contributed by atoms with Crippen molar-refractivity contribution in [2.75, 3.05) is 19.6 Å². The molecule has 25 heavy (non-hydrogen) atoms. The van der Waals surface area contributed by atoms with Crippen molar-refractivity contribution in [1.29, 1.82) is 0 Å². The molecule has 1 aromatic carbocycles. The number of nitrogens with zero attached hydrogens (tertiary/aromatic N) is 3. The van der Waals surface area contributed by atoms with Gasteiger partial charge in [-0.15, -0.1) is 0 Å². The molecule has 136 valence electrons. The van der Waals surface area contributed by atoms with Gasteiger partial charge in [0.05, 0.1) is 10.4 Å². The molecule has 0 radical (unpaired) electrons. The minimum atomic E-state index is -0.365. The first-order valence-electron chi connectivity index (χ1n) is 9.51. The predicted molar refractivity (Wildman–Crippen MR) is 99.8 cm³/mol. The second-order valence-electron chi connectivity index (χ2n) is 7.14. The molecule has 6 heteroatoms. The SMILES string of the molecule is CCCCC1CCN(CCCc2nc3c([N+](=O)[O-])cccc3[nH]2)CC1. The molecule has 0 saturated carbocycles. The lowest BCUT2D eigenvalue weighted by Gasteiger charge is -2.31. The number of nitro benzene ring substituents is 1. The first-order valence-corrected chi connectivity index (χ1v) is 9.51. The van der Waals surface area contributed by atoms with E-state index < -0.39 is 0 Å². The number of benzene rings is 1. The van der Waals surface area contributed by atoms with E-state index in [4.69, 9.17) is 0 Å². The number of fused-ring (bicyclic) bond motifs is 1. The van der Waals surface area contributed by atoms with E-state index in [1.54, 1.807) is 6.07 Å². The highest BCUT2D eigenvalue weighted by Gasteiger charge is 2.19. The number of para-hydroxylation sites is 1.